The maximum absolute atomic E-state index is 13.4. The number of amides is 1. The van der Waals surface area contributed by atoms with Crippen molar-refractivity contribution in [1.82, 2.24) is 14.5 Å². The van der Waals surface area contributed by atoms with E-state index in [1.165, 1.54) is 18.2 Å². The van der Waals surface area contributed by atoms with E-state index in [1.807, 2.05) is 0 Å². The molecule has 0 aliphatic carbocycles. The van der Waals surface area contributed by atoms with Crippen LogP contribution in [0.4, 0.5) is 24.5 Å². The third-order valence-corrected chi connectivity index (χ3v) is 7.70. The first-order chi connectivity index (χ1) is 17.4. The van der Waals surface area contributed by atoms with Gasteiger partial charge in [-0.25, -0.2) is 9.40 Å². The summed E-state index contributed by atoms with van der Waals surface area (Å²) in [7, 11) is -3.13. The number of halogens is 4. The third kappa shape index (κ3) is 4.77. The van der Waals surface area contributed by atoms with Crippen LogP contribution in [0.25, 0.3) is 16.8 Å². The molecule has 8 nitrogen and oxygen atoms in total. The lowest BCUT2D eigenvalue weighted by molar-refractivity contribution is -0.141. The van der Waals surface area contributed by atoms with Gasteiger partial charge in [-0.2, -0.15) is 18.3 Å². The molecule has 0 atom stereocenters. The molecule has 5 rings (SSSR count). The number of nitrogen functional groups attached to an aromatic ring is 1. The quantitative estimate of drug-likeness (QED) is 0.194. The summed E-state index contributed by atoms with van der Waals surface area (Å²) in [5.74, 6) is -0.830. The van der Waals surface area contributed by atoms with E-state index < -0.39 is 28.6 Å². The van der Waals surface area contributed by atoms with Gasteiger partial charge >= 0.3 is 6.18 Å². The van der Waals surface area contributed by atoms with Gasteiger partial charge in [0.1, 0.15) is 5.69 Å². The van der Waals surface area contributed by atoms with Crippen LogP contribution in [0.15, 0.2) is 71.6 Å². The molecule has 0 saturated carbocycles. The summed E-state index contributed by atoms with van der Waals surface area (Å²) in [5, 5.41) is 6.35. The Labute approximate surface area is 215 Å². The number of hydrogen-bond donors (Lipinski definition) is 5. The van der Waals surface area contributed by atoms with Gasteiger partial charge in [0.15, 0.2) is 5.69 Å². The normalized spacial score (nSPS) is 15.3. The van der Waals surface area contributed by atoms with Crippen molar-refractivity contribution < 1.29 is 27.1 Å². The molecular formula is C24H19ClF3N5O3S. The maximum Gasteiger partial charge on any atom is 0.435 e. The summed E-state index contributed by atoms with van der Waals surface area (Å²) in [6.45, 7) is 0.326. The summed E-state index contributed by atoms with van der Waals surface area (Å²) >= 11 is 5.92. The molecule has 0 fully saturated rings. The molecule has 1 aliphatic rings. The van der Waals surface area contributed by atoms with Gasteiger partial charge in [0.05, 0.1) is 21.3 Å². The fourth-order valence-corrected chi connectivity index (χ4v) is 5.62. The summed E-state index contributed by atoms with van der Waals surface area (Å²) < 4.78 is 64.5. The number of nitrogens with zero attached hydrogens (tertiary/aromatic N) is 2. The van der Waals surface area contributed by atoms with E-state index in [0.717, 1.165) is 10.2 Å². The SMILES string of the molecule is Nc1cc(-n2nc(C(F)(F)F)cc2C(=O)Nc2ccc(-c3cccc4c3S(O)(O)NC4)cc2)ccc1Cl. The van der Waals surface area contributed by atoms with Gasteiger partial charge in [-0.3, -0.25) is 13.9 Å². The number of carbonyl (C=O) groups excluding carboxylic acids is 1. The number of nitrogens with one attached hydrogen (secondary N) is 2. The van der Waals surface area contributed by atoms with Gasteiger partial charge < -0.3 is 11.1 Å². The number of rotatable bonds is 4. The monoisotopic (exact) mass is 549 g/mol. The van der Waals surface area contributed by atoms with Crippen molar-refractivity contribution >= 4 is 39.7 Å². The molecule has 2 heterocycles. The van der Waals surface area contributed by atoms with E-state index in [-0.39, 0.29) is 22.1 Å². The van der Waals surface area contributed by atoms with E-state index in [2.05, 4.69) is 15.1 Å². The molecule has 0 unspecified atom stereocenters. The van der Waals surface area contributed by atoms with E-state index in [9.17, 15) is 27.1 Å². The van der Waals surface area contributed by atoms with Crippen molar-refractivity contribution in [2.75, 3.05) is 11.1 Å². The van der Waals surface area contributed by atoms with Crippen molar-refractivity contribution in [2.24, 2.45) is 0 Å². The van der Waals surface area contributed by atoms with Gasteiger partial charge in [0, 0.05) is 23.9 Å². The molecule has 0 radical (unpaired) electrons. The molecule has 3 aromatic carbocycles. The molecule has 4 aromatic rings. The number of hydrogen-bond acceptors (Lipinski definition) is 6. The molecular weight excluding hydrogens is 531 g/mol. The first kappa shape index (κ1) is 25.1. The zero-order chi connectivity index (χ0) is 26.5. The first-order valence-corrected chi connectivity index (χ1v) is 12.7. The van der Waals surface area contributed by atoms with Gasteiger partial charge in [0.25, 0.3) is 5.91 Å². The van der Waals surface area contributed by atoms with Gasteiger partial charge in [-0.1, -0.05) is 41.9 Å². The van der Waals surface area contributed by atoms with Crippen LogP contribution in [-0.4, -0.2) is 24.8 Å². The highest BCUT2D eigenvalue weighted by Crippen LogP contribution is 2.54. The zero-order valence-corrected chi connectivity index (χ0v) is 20.3. The molecule has 0 spiro atoms. The molecule has 37 heavy (non-hydrogen) atoms. The minimum absolute atomic E-state index is 0.115. The number of alkyl halides is 3. The first-order valence-electron chi connectivity index (χ1n) is 10.7. The number of fused-ring (bicyclic) bond motifs is 1. The molecule has 0 bridgehead atoms. The molecule has 1 aliphatic heterocycles. The number of aromatic nitrogens is 2. The Kier molecular flexibility index (Phi) is 6.16. The van der Waals surface area contributed by atoms with Gasteiger partial charge in [-0.15, -0.1) is 10.8 Å². The van der Waals surface area contributed by atoms with Gasteiger partial charge in [-0.05, 0) is 41.5 Å². The van der Waals surface area contributed by atoms with Crippen LogP contribution in [0.2, 0.25) is 5.02 Å². The number of carbonyl (C=O) groups is 1. The molecule has 1 amide bonds. The highest BCUT2D eigenvalue weighted by molar-refractivity contribution is 8.23. The Morgan fingerprint density at radius 2 is 1.84 bits per heavy atom. The van der Waals surface area contributed by atoms with Crippen LogP contribution < -0.4 is 15.8 Å². The topological polar surface area (TPSA) is 125 Å². The predicted molar refractivity (Wildman–Crippen MR) is 136 cm³/mol. The standard InChI is InChI=1S/C24H19ClF3N5O3S/c25-18-9-8-16(10-19(18)29)33-20(11-21(32-33)24(26,27)28)23(34)31-15-6-4-13(5-7-15)17-3-1-2-14-12-30-37(35,36)22(14)17/h1-11,30,35-36H,12,29H2,(H,31,34). The van der Waals surface area contributed by atoms with Gasteiger partial charge in [0.2, 0.25) is 0 Å². The second kappa shape index (κ2) is 9.08. The van der Waals surface area contributed by atoms with Crippen LogP contribution in [0.1, 0.15) is 21.7 Å². The second-order valence-corrected chi connectivity index (χ2v) is 10.4. The smallest absolute Gasteiger partial charge is 0.397 e. The van der Waals surface area contributed by atoms with Crippen LogP contribution in [0.3, 0.4) is 0 Å². The maximum atomic E-state index is 13.4. The van der Waals surface area contributed by atoms with Crippen molar-refractivity contribution in [2.45, 2.75) is 17.6 Å². The number of anilines is 2. The van der Waals surface area contributed by atoms with Crippen molar-refractivity contribution in [3.8, 4) is 16.8 Å². The highest BCUT2D eigenvalue weighted by atomic mass is 35.5. The van der Waals surface area contributed by atoms with Crippen LogP contribution in [0.5, 0.6) is 0 Å². The van der Waals surface area contributed by atoms with Crippen LogP contribution >= 0.6 is 22.4 Å². The summed E-state index contributed by atoms with van der Waals surface area (Å²) in [6.07, 6.45) is -4.78. The summed E-state index contributed by atoms with van der Waals surface area (Å²) in [6, 6.07) is 16.6. The van der Waals surface area contributed by atoms with Crippen LogP contribution in [0, 0.1) is 0 Å². The Hall–Kier alpha value is -3.55. The average molecular weight is 550 g/mol. The number of benzene rings is 3. The van der Waals surface area contributed by atoms with Crippen molar-refractivity contribution in [3.63, 3.8) is 0 Å². The summed E-state index contributed by atoms with van der Waals surface area (Å²) in [4.78, 5) is 13.4. The minimum atomic E-state index is -4.78. The molecule has 13 heteroatoms. The minimum Gasteiger partial charge on any atom is -0.397 e. The lowest BCUT2D eigenvalue weighted by atomic mass is 10.0. The Morgan fingerprint density at radius 1 is 1.11 bits per heavy atom. The highest BCUT2D eigenvalue weighted by Gasteiger charge is 2.36. The Balaban J connectivity index is 1.45. The molecule has 1 aromatic heterocycles. The fourth-order valence-electron chi connectivity index (χ4n) is 4.01. The van der Waals surface area contributed by atoms with Crippen LogP contribution in [-0.2, 0) is 12.7 Å². The third-order valence-electron chi connectivity index (χ3n) is 5.76. The van der Waals surface area contributed by atoms with E-state index >= 15 is 0 Å². The fraction of sp³-hybridized carbons (Fsp3) is 0.0833. The van der Waals surface area contributed by atoms with E-state index in [4.69, 9.17) is 17.3 Å². The Bertz CT molecular complexity index is 1520. The van der Waals surface area contributed by atoms with Crippen molar-refractivity contribution in [1.29, 1.82) is 0 Å². The summed E-state index contributed by atoms with van der Waals surface area (Å²) in [5.41, 5.74) is 6.78. The second-order valence-electron chi connectivity index (χ2n) is 8.23. The molecule has 0 saturated heterocycles. The average Bonchev–Trinajstić information content (AvgIpc) is 3.43. The van der Waals surface area contributed by atoms with E-state index in [0.29, 0.717) is 34.3 Å². The Morgan fingerprint density at radius 3 is 2.51 bits per heavy atom. The predicted octanol–water partition coefficient (Wildman–Crippen LogP) is 6.17. The lowest BCUT2D eigenvalue weighted by Crippen LogP contribution is -2.17. The number of nitrogens with two attached hydrogens (primary N) is 1. The zero-order valence-electron chi connectivity index (χ0n) is 18.8. The van der Waals surface area contributed by atoms with Crippen molar-refractivity contribution in [3.05, 3.63) is 88.7 Å². The van der Waals surface area contributed by atoms with E-state index in [1.54, 1.807) is 42.5 Å². The largest absolute Gasteiger partial charge is 0.435 e. The lowest BCUT2D eigenvalue weighted by Gasteiger charge is -2.29. The molecule has 6 N–H and O–H groups in total. The molecule has 192 valence electrons.